The molecule has 0 N–H and O–H groups in total. The van der Waals surface area contributed by atoms with E-state index < -0.39 is 35.5 Å². The Kier molecular flexibility index (Phi) is 6.53. The van der Waals surface area contributed by atoms with E-state index in [0.717, 1.165) is 0 Å². The third kappa shape index (κ3) is 4.91. The van der Waals surface area contributed by atoms with Crippen molar-refractivity contribution in [1.82, 2.24) is 29.2 Å². The third-order valence-electron chi connectivity index (χ3n) is 5.90. The first-order valence-corrected chi connectivity index (χ1v) is 12.3. The lowest BCUT2D eigenvalue weighted by atomic mass is 10.1. The molecule has 1 aromatic carbocycles. The van der Waals surface area contributed by atoms with Gasteiger partial charge in [0.15, 0.2) is 0 Å². The molecule has 5 rings (SSSR count). The Morgan fingerprint density at radius 3 is 2.55 bits per heavy atom. The molecular formula is C24H22BrF3N6O4. The predicted octanol–water partition coefficient (Wildman–Crippen LogP) is 4.93. The maximum Gasteiger partial charge on any atom is 0.410 e. The van der Waals surface area contributed by atoms with Crippen molar-refractivity contribution in [2.75, 3.05) is 13.1 Å². The Balaban J connectivity index is 1.43. The smallest absolute Gasteiger partial charge is 0.410 e. The molecule has 0 unspecified atom stereocenters. The lowest BCUT2D eigenvalue weighted by Gasteiger charge is -2.40. The fraction of sp³-hybridized carbons (Fsp3) is 0.375. The maximum atomic E-state index is 14.5. The highest BCUT2D eigenvalue weighted by atomic mass is 79.9. The van der Waals surface area contributed by atoms with Gasteiger partial charge in [0.05, 0.1) is 39.4 Å². The van der Waals surface area contributed by atoms with Crippen molar-refractivity contribution >= 4 is 33.1 Å². The number of halogens is 4. The van der Waals surface area contributed by atoms with Crippen molar-refractivity contribution in [3.8, 4) is 11.5 Å². The topological polar surface area (TPSA) is 108 Å². The van der Waals surface area contributed by atoms with Crippen molar-refractivity contribution in [1.29, 1.82) is 0 Å². The molecule has 3 aromatic heterocycles. The molecule has 4 aromatic rings. The second kappa shape index (κ2) is 9.57. The van der Waals surface area contributed by atoms with Gasteiger partial charge in [-0.2, -0.15) is 8.78 Å². The number of hydrogen-bond donors (Lipinski definition) is 0. The van der Waals surface area contributed by atoms with E-state index in [0.29, 0.717) is 22.3 Å². The zero-order chi connectivity index (χ0) is 27.4. The lowest BCUT2D eigenvalue weighted by molar-refractivity contribution is 0.00108. The van der Waals surface area contributed by atoms with Crippen molar-refractivity contribution in [2.24, 2.45) is 0 Å². The number of pyridine rings is 1. The number of carbonyl (C=O) groups excluding carboxylic acids is 1. The van der Waals surface area contributed by atoms with Crippen LogP contribution in [0.1, 0.15) is 44.8 Å². The number of amides is 1. The summed E-state index contributed by atoms with van der Waals surface area (Å²) in [4.78, 5) is 31.7. The Hall–Kier alpha value is -3.68. The van der Waals surface area contributed by atoms with Gasteiger partial charge in [0.2, 0.25) is 5.89 Å². The number of carbonyl (C=O) groups is 1. The number of imidazole rings is 1. The van der Waals surface area contributed by atoms with Gasteiger partial charge in [0.1, 0.15) is 11.4 Å². The Morgan fingerprint density at radius 2 is 1.95 bits per heavy atom. The Bertz CT molecular complexity index is 1570. The summed E-state index contributed by atoms with van der Waals surface area (Å²) in [6.07, 6.45) is -1.99. The highest BCUT2D eigenvalue weighted by molar-refractivity contribution is 9.10. The number of aromatic nitrogens is 5. The number of alkyl halides is 2. The van der Waals surface area contributed by atoms with Crippen molar-refractivity contribution in [3.63, 3.8) is 0 Å². The van der Waals surface area contributed by atoms with Crippen molar-refractivity contribution in [3.05, 3.63) is 62.8 Å². The average Bonchev–Trinajstić information content (AvgIpc) is 3.39. The molecular weight excluding hydrogens is 573 g/mol. The summed E-state index contributed by atoms with van der Waals surface area (Å²) in [6, 6.07) is 5.61. The van der Waals surface area contributed by atoms with Crippen molar-refractivity contribution < 1.29 is 27.1 Å². The largest absolute Gasteiger partial charge is 0.444 e. The molecule has 0 aliphatic carbocycles. The molecule has 0 bridgehead atoms. The van der Waals surface area contributed by atoms with Crippen LogP contribution in [0.3, 0.4) is 0 Å². The molecule has 14 heteroatoms. The van der Waals surface area contributed by atoms with Gasteiger partial charge in [0, 0.05) is 25.4 Å². The summed E-state index contributed by atoms with van der Waals surface area (Å²) in [5, 5.41) is 6.89. The molecule has 38 heavy (non-hydrogen) atoms. The van der Waals surface area contributed by atoms with E-state index >= 15 is 0 Å². The number of hydrogen-bond acceptors (Lipinski definition) is 7. The monoisotopic (exact) mass is 594 g/mol. The molecule has 1 fully saturated rings. The van der Waals surface area contributed by atoms with Crippen LogP contribution in [0, 0.1) is 5.82 Å². The summed E-state index contributed by atoms with van der Waals surface area (Å²) in [7, 11) is 0. The number of ether oxygens (including phenoxy) is 1. The fourth-order valence-electron chi connectivity index (χ4n) is 4.12. The summed E-state index contributed by atoms with van der Waals surface area (Å²) in [6.45, 7) is 5.86. The molecule has 0 radical (unpaired) electrons. The fourth-order valence-corrected chi connectivity index (χ4v) is 4.45. The van der Waals surface area contributed by atoms with E-state index in [9.17, 15) is 22.8 Å². The van der Waals surface area contributed by atoms with Crippen LogP contribution >= 0.6 is 15.9 Å². The molecule has 0 atom stereocenters. The van der Waals surface area contributed by atoms with E-state index in [4.69, 9.17) is 9.15 Å². The van der Waals surface area contributed by atoms with Gasteiger partial charge in [-0.1, -0.05) is 0 Å². The van der Waals surface area contributed by atoms with Crippen LogP contribution in [0.2, 0.25) is 0 Å². The van der Waals surface area contributed by atoms with E-state index in [1.165, 1.54) is 27.8 Å². The number of rotatable bonds is 5. The molecule has 0 saturated carbocycles. The molecule has 1 saturated heterocycles. The Labute approximate surface area is 222 Å². The quantitative estimate of drug-likeness (QED) is 0.322. The predicted molar refractivity (Wildman–Crippen MR) is 132 cm³/mol. The minimum Gasteiger partial charge on any atom is -0.444 e. The van der Waals surface area contributed by atoms with E-state index in [2.05, 4.69) is 31.1 Å². The van der Waals surface area contributed by atoms with E-state index in [1.807, 2.05) is 0 Å². The van der Waals surface area contributed by atoms with Crippen LogP contribution < -0.4 is 5.69 Å². The van der Waals surface area contributed by atoms with Crippen LogP contribution in [-0.4, -0.2) is 54.0 Å². The molecule has 1 aliphatic heterocycles. The van der Waals surface area contributed by atoms with Gasteiger partial charge in [-0.25, -0.2) is 14.0 Å². The molecule has 1 amide bonds. The standard InChI is InChI=1S/C24H22BrF3N6O4/c1-24(2,3)38-23(36)32-10-14(11-32)34-18-6-15(25)16(26)7-17(18)33(22(34)35)9-13-5-4-12(8-29-13)20-30-31-21(37-20)19(27)28/h4-8,14,19H,9-11H2,1-3H3. The van der Waals surface area contributed by atoms with Gasteiger partial charge in [0.25, 0.3) is 5.89 Å². The maximum absolute atomic E-state index is 14.5. The molecule has 1 aliphatic rings. The summed E-state index contributed by atoms with van der Waals surface area (Å²) in [5.74, 6) is -1.45. The molecule has 10 nitrogen and oxygen atoms in total. The van der Waals surface area contributed by atoms with Crippen LogP contribution in [0.15, 0.2) is 44.1 Å². The van der Waals surface area contributed by atoms with Gasteiger partial charge in [-0.3, -0.25) is 14.1 Å². The van der Waals surface area contributed by atoms with Gasteiger partial charge >= 0.3 is 18.2 Å². The number of nitrogens with zero attached hydrogens (tertiary/aromatic N) is 6. The van der Waals surface area contributed by atoms with E-state index in [-0.39, 0.29) is 36.0 Å². The number of benzene rings is 1. The SMILES string of the molecule is CC(C)(C)OC(=O)N1CC(n2c(=O)n(Cc3ccc(-c4nnc(C(F)F)o4)cn3)c3cc(F)c(Br)cc32)C1. The molecule has 0 spiro atoms. The highest BCUT2D eigenvalue weighted by Crippen LogP contribution is 2.30. The average molecular weight is 595 g/mol. The number of likely N-dealkylation sites (tertiary alicyclic amines) is 1. The van der Waals surface area contributed by atoms with Crippen LogP contribution in [-0.2, 0) is 11.3 Å². The first-order valence-electron chi connectivity index (χ1n) is 11.6. The minimum absolute atomic E-state index is 0.0122. The van der Waals surface area contributed by atoms with Crippen LogP contribution in [0.5, 0.6) is 0 Å². The summed E-state index contributed by atoms with van der Waals surface area (Å²) < 4.78 is 53.4. The Morgan fingerprint density at radius 1 is 1.21 bits per heavy atom. The molecule has 200 valence electrons. The van der Waals surface area contributed by atoms with Crippen molar-refractivity contribution in [2.45, 2.75) is 45.4 Å². The molecule has 4 heterocycles. The van der Waals surface area contributed by atoms with Gasteiger partial charge < -0.3 is 14.1 Å². The van der Waals surface area contributed by atoms with Gasteiger partial charge in [-0.05, 0) is 54.9 Å². The minimum atomic E-state index is -2.89. The zero-order valence-corrected chi connectivity index (χ0v) is 22.1. The third-order valence-corrected chi connectivity index (χ3v) is 6.51. The first kappa shape index (κ1) is 25.9. The summed E-state index contributed by atoms with van der Waals surface area (Å²) in [5.41, 5.74) is 0.602. The summed E-state index contributed by atoms with van der Waals surface area (Å²) >= 11 is 3.19. The first-order chi connectivity index (χ1) is 17.9. The normalized spacial score (nSPS) is 14.4. The zero-order valence-electron chi connectivity index (χ0n) is 20.5. The van der Waals surface area contributed by atoms with E-state index in [1.54, 1.807) is 37.5 Å². The van der Waals surface area contributed by atoms with Crippen LogP contribution in [0.25, 0.3) is 22.5 Å². The van der Waals surface area contributed by atoms with Crippen LogP contribution in [0.4, 0.5) is 18.0 Å². The lowest BCUT2D eigenvalue weighted by Crippen LogP contribution is -2.54. The highest BCUT2D eigenvalue weighted by Gasteiger charge is 2.37. The number of fused-ring (bicyclic) bond motifs is 1. The second-order valence-corrected chi connectivity index (χ2v) is 10.7. The van der Waals surface area contributed by atoms with Gasteiger partial charge in [-0.15, -0.1) is 10.2 Å². The second-order valence-electron chi connectivity index (χ2n) is 9.82.